The summed E-state index contributed by atoms with van der Waals surface area (Å²) in [6, 6.07) is 6.63. The normalized spacial score (nSPS) is 11.2. The molecule has 130 valence electrons. The van der Waals surface area contributed by atoms with Crippen LogP contribution in [0.25, 0.3) is 0 Å². The lowest BCUT2D eigenvalue weighted by Crippen LogP contribution is -2.26. The molecule has 0 bridgehead atoms. The molecule has 0 aromatic heterocycles. The molecule has 0 aliphatic carbocycles. The maximum absolute atomic E-state index is 12.1. The van der Waals surface area contributed by atoms with E-state index in [1.165, 1.54) is 12.3 Å². The molecule has 0 saturated heterocycles. The number of rotatable bonds is 9. The van der Waals surface area contributed by atoms with Crippen molar-refractivity contribution in [3.05, 3.63) is 40.0 Å². The van der Waals surface area contributed by atoms with Crippen molar-refractivity contribution in [3.8, 4) is 6.07 Å². The lowest BCUT2D eigenvalue weighted by atomic mass is 10.2. The van der Waals surface area contributed by atoms with Gasteiger partial charge in [0, 0.05) is 18.4 Å². The highest BCUT2D eigenvalue weighted by atomic mass is 35.5. The first-order valence-corrected chi connectivity index (χ1v) is 8.59. The van der Waals surface area contributed by atoms with Gasteiger partial charge in [-0.05, 0) is 44.3 Å². The topological polar surface area (TPSA) is 68.2 Å². The standard InChI is InChI=1S/C17H22Cl2N4O/c1-3-23(4-2)9-5-8-21-12-13(11-20)17(24)22-14-6-7-15(18)16(19)10-14/h6-7,10,12,21H,3-5,8-9H2,1-2H3,(H,22,24)/b13-12-. The Morgan fingerprint density at radius 2 is 2.00 bits per heavy atom. The molecule has 0 unspecified atom stereocenters. The third-order valence-corrected chi connectivity index (χ3v) is 4.22. The molecular weight excluding hydrogens is 347 g/mol. The van der Waals surface area contributed by atoms with Crippen LogP contribution in [0.3, 0.4) is 0 Å². The van der Waals surface area contributed by atoms with Crippen LogP contribution in [0, 0.1) is 11.3 Å². The molecule has 1 rings (SSSR count). The predicted molar refractivity (Wildman–Crippen MR) is 99.2 cm³/mol. The zero-order valence-electron chi connectivity index (χ0n) is 13.9. The summed E-state index contributed by atoms with van der Waals surface area (Å²) in [4.78, 5) is 14.4. The van der Waals surface area contributed by atoms with Crippen LogP contribution in [0.5, 0.6) is 0 Å². The van der Waals surface area contributed by atoms with E-state index in [0.717, 1.165) is 26.1 Å². The average Bonchev–Trinajstić information content (AvgIpc) is 2.57. The smallest absolute Gasteiger partial charge is 0.267 e. The van der Waals surface area contributed by atoms with Crippen molar-refractivity contribution in [2.24, 2.45) is 0 Å². The van der Waals surface area contributed by atoms with Gasteiger partial charge in [-0.25, -0.2) is 0 Å². The fraction of sp³-hybridized carbons (Fsp3) is 0.412. The quantitative estimate of drug-likeness (QED) is 0.396. The molecule has 1 aromatic carbocycles. The van der Waals surface area contributed by atoms with Gasteiger partial charge in [0.2, 0.25) is 0 Å². The van der Waals surface area contributed by atoms with Gasteiger partial charge in [0.05, 0.1) is 10.0 Å². The van der Waals surface area contributed by atoms with E-state index >= 15 is 0 Å². The lowest BCUT2D eigenvalue weighted by molar-refractivity contribution is -0.112. The van der Waals surface area contributed by atoms with Crippen LogP contribution < -0.4 is 10.6 Å². The van der Waals surface area contributed by atoms with Crippen LogP contribution in [-0.4, -0.2) is 37.0 Å². The molecule has 0 atom stereocenters. The molecule has 5 nitrogen and oxygen atoms in total. The van der Waals surface area contributed by atoms with Crippen molar-refractivity contribution < 1.29 is 4.79 Å². The van der Waals surface area contributed by atoms with E-state index in [-0.39, 0.29) is 5.57 Å². The number of hydrogen-bond acceptors (Lipinski definition) is 4. The fourth-order valence-electron chi connectivity index (χ4n) is 2.04. The molecule has 7 heteroatoms. The highest BCUT2D eigenvalue weighted by molar-refractivity contribution is 6.42. The van der Waals surface area contributed by atoms with Crippen LogP contribution in [0.1, 0.15) is 20.3 Å². The highest BCUT2D eigenvalue weighted by Gasteiger charge is 2.10. The van der Waals surface area contributed by atoms with Crippen LogP contribution in [0.4, 0.5) is 5.69 Å². The van der Waals surface area contributed by atoms with Crippen LogP contribution in [-0.2, 0) is 4.79 Å². The monoisotopic (exact) mass is 368 g/mol. The minimum absolute atomic E-state index is 0.00362. The largest absolute Gasteiger partial charge is 0.390 e. The summed E-state index contributed by atoms with van der Waals surface area (Å²) in [5, 5.41) is 15.5. The molecule has 0 fully saturated rings. The number of hydrogen-bond donors (Lipinski definition) is 2. The first-order valence-electron chi connectivity index (χ1n) is 7.84. The number of nitrogens with one attached hydrogen (secondary N) is 2. The summed E-state index contributed by atoms with van der Waals surface area (Å²) in [6.45, 7) is 7.95. The average molecular weight is 369 g/mol. The van der Waals surface area contributed by atoms with E-state index in [0.29, 0.717) is 22.3 Å². The molecule has 0 spiro atoms. The van der Waals surface area contributed by atoms with E-state index in [1.807, 2.05) is 6.07 Å². The SMILES string of the molecule is CCN(CC)CCCN/C=C(/C#N)C(=O)Nc1ccc(Cl)c(Cl)c1. The summed E-state index contributed by atoms with van der Waals surface area (Å²) in [5.74, 6) is -0.493. The zero-order valence-corrected chi connectivity index (χ0v) is 15.4. The lowest BCUT2D eigenvalue weighted by Gasteiger charge is -2.17. The van der Waals surface area contributed by atoms with Crippen molar-refractivity contribution in [2.75, 3.05) is 31.5 Å². The molecule has 1 aromatic rings. The predicted octanol–water partition coefficient (Wildman–Crippen LogP) is 3.66. The molecule has 1 amide bonds. The number of amides is 1. The Morgan fingerprint density at radius 1 is 1.29 bits per heavy atom. The molecule has 0 heterocycles. The second-order valence-corrected chi connectivity index (χ2v) is 5.90. The molecule has 24 heavy (non-hydrogen) atoms. The van der Waals surface area contributed by atoms with E-state index in [4.69, 9.17) is 28.5 Å². The zero-order chi connectivity index (χ0) is 17.9. The van der Waals surface area contributed by atoms with Crippen molar-refractivity contribution in [3.63, 3.8) is 0 Å². The minimum atomic E-state index is -0.493. The Balaban J connectivity index is 2.51. The number of carbonyl (C=O) groups excluding carboxylic acids is 1. The Labute approximate surface area is 153 Å². The summed E-state index contributed by atoms with van der Waals surface area (Å²) in [5.41, 5.74) is 0.487. The summed E-state index contributed by atoms with van der Waals surface area (Å²) in [7, 11) is 0. The molecular formula is C17H22Cl2N4O. The number of nitrogens with zero attached hydrogens (tertiary/aromatic N) is 2. The number of benzene rings is 1. The van der Waals surface area contributed by atoms with Gasteiger partial charge in [0.1, 0.15) is 11.6 Å². The highest BCUT2D eigenvalue weighted by Crippen LogP contribution is 2.25. The fourth-order valence-corrected chi connectivity index (χ4v) is 2.34. The first-order chi connectivity index (χ1) is 11.5. The van der Waals surface area contributed by atoms with Crippen LogP contribution in [0.2, 0.25) is 10.0 Å². The number of halogens is 2. The summed E-state index contributed by atoms with van der Waals surface area (Å²) >= 11 is 11.7. The van der Waals surface area contributed by atoms with Crippen molar-refractivity contribution in [1.29, 1.82) is 5.26 Å². The Hall–Kier alpha value is -1.74. The number of anilines is 1. The third-order valence-electron chi connectivity index (χ3n) is 3.48. The van der Waals surface area contributed by atoms with Crippen molar-refractivity contribution >= 4 is 34.8 Å². The molecule has 0 aliphatic rings. The Morgan fingerprint density at radius 3 is 2.58 bits per heavy atom. The number of carbonyl (C=O) groups is 1. The Kier molecular flexibility index (Phi) is 9.24. The maximum atomic E-state index is 12.1. The van der Waals surface area contributed by atoms with E-state index < -0.39 is 5.91 Å². The van der Waals surface area contributed by atoms with Crippen LogP contribution in [0.15, 0.2) is 30.0 Å². The van der Waals surface area contributed by atoms with Gasteiger partial charge in [-0.1, -0.05) is 37.0 Å². The minimum Gasteiger partial charge on any atom is -0.390 e. The summed E-state index contributed by atoms with van der Waals surface area (Å²) in [6.07, 6.45) is 2.38. The molecule has 0 aliphatic heterocycles. The van der Waals surface area contributed by atoms with Gasteiger partial charge in [-0.15, -0.1) is 0 Å². The van der Waals surface area contributed by atoms with Crippen molar-refractivity contribution in [1.82, 2.24) is 10.2 Å². The van der Waals surface area contributed by atoms with Gasteiger partial charge >= 0.3 is 0 Å². The van der Waals surface area contributed by atoms with Crippen molar-refractivity contribution in [2.45, 2.75) is 20.3 Å². The maximum Gasteiger partial charge on any atom is 0.267 e. The second kappa shape index (κ2) is 10.9. The molecule has 0 saturated carbocycles. The van der Waals surface area contributed by atoms with Crippen LogP contribution >= 0.6 is 23.2 Å². The van der Waals surface area contributed by atoms with Gasteiger partial charge in [0.15, 0.2) is 0 Å². The second-order valence-electron chi connectivity index (χ2n) is 5.09. The third kappa shape index (κ3) is 6.79. The molecule has 2 N–H and O–H groups in total. The van der Waals surface area contributed by atoms with E-state index in [9.17, 15) is 4.79 Å². The van der Waals surface area contributed by atoms with E-state index in [1.54, 1.807) is 12.1 Å². The first kappa shape index (κ1) is 20.3. The van der Waals surface area contributed by atoms with Gasteiger partial charge in [-0.3, -0.25) is 4.79 Å². The van der Waals surface area contributed by atoms with Gasteiger partial charge < -0.3 is 15.5 Å². The van der Waals surface area contributed by atoms with Gasteiger partial charge in [-0.2, -0.15) is 5.26 Å². The Bertz CT molecular complexity index is 622. The number of nitriles is 1. The van der Waals surface area contributed by atoms with E-state index in [2.05, 4.69) is 29.4 Å². The van der Waals surface area contributed by atoms with Gasteiger partial charge in [0.25, 0.3) is 5.91 Å². The molecule has 0 radical (unpaired) electrons. The summed E-state index contributed by atoms with van der Waals surface area (Å²) < 4.78 is 0.